The Balaban J connectivity index is 1.98. The third-order valence-corrected chi connectivity index (χ3v) is 3.60. The maximum absolute atomic E-state index is 12.1. The molecule has 0 spiro atoms. The highest BCUT2D eigenvalue weighted by molar-refractivity contribution is 5.87. The van der Waals surface area contributed by atoms with E-state index in [2.05, 4.69) is 4.90 Å². The molecule has 19 heavy (non-hydrogen) atoms. The summed E-state index contributed by atoms with van der Waals surface area (Å²) in [6, 6.07) is 3.54. The highest BCUT2D eigenvalue weighted by Crippen LogP contribution is 2.14. The quantitative estimate of drug-likeness (QED) is 0.853. The Labute approximate surface area is 112 Å². The van der Waals surface area contributed by atoms with Crippen molar-refractivity contribution in [3.63, 3.8) is 0 Å². The van der Waals surface area contributed by atoms with Crippen LogP contribution in [0.15, 0.2) is 18.3 Å². The monoisotopic (exact) mass is 265 g/mol. The van der Waals surface area contributed by atoms with E-state index in [0.29, 0.717) is 6.04 Å². The van der Waals surface area contributed by atoms with E-state index in [1.54, 1.807) is 17.2 Å². The minimum absolute atomic E-state index is 0.0250. The van der Waals surface area contributed by atoms with E-state index in [1.807, 2.05) is 14.1 Å². The highest BCUT2D eigenvalue weighted by Gasteiger charge is 2.27. The summed E-state index contributed by atoms with van der Waals surface area (Å²) in [5.41, 5.74) is 0.150. The van der Waals surface area contributed by atoms with Gasteiger partial charge >= 0.3 is 5.97 Å². The summed E-state index contributed by atoms with van der Waals surface area (Å²) < 4.78 is 1.48. The van der Waals surface area contributed by atoms with E-state index >= 15 is 0 Å². The number of carboxylic acid groups (broad SMARTS) is 1. The molecule has 2 heterocycles. The number of carbonyl (C=O) groups excluding carboxylic acids is 1. The van der Waals surface area contributed by atoms with Gasteiger partial charge in [-0.2, -0.15) is 0 Å². The van der Waals surface area contributed by atoms with Crippen LogP contribution in [0, 0.1) is 0 Å². The number of nitrogens with zero attached hydrogens (tertiary/aromatic N) is 3. The lowest BCUT2D eigenvalue weighted by Crippen LogP contribution is -2.36. The fourth-order valence-corrected chi connectivity index (χ4v) is 2.38. The van der Waals surface area contributed by atoms with Gasteiger partial charge in [-0.25, -0.2) is 4.79 Å². The molecule has 1 aromatic heterocycles. The first-order chi connectivity index (χ1) is 8.99. The number of carboxylic acids is 1. The van der Waals surface area contributed by atoms with Crippen LogP contribution in [-0.2, 0) is 11.3 Å². The lowest BCUT2D eigenvalue weighted by Gasteiger charge is -2.20. The Hall–Kier alpha value is -1.82. The van der Waals surface area contributed by atoms with Crippen molar-refractivity contribution in [1.82, 2.24) is 14.4 Å². The van der Waals surface area contributed by atoms with Gasteiger partial charge in [-0.05, 0) is 32.6 Å². The van der Waals surface area contributed by atoms with Gasteiger partial charge in [-0.15, -0.1) is 0 Å². The van der Waals surface area contributed by atoms with Crippen LogP contribution >= 0.6 is 0 Å². The molecule has 0 aliphatic carbocycles. The number of amides is 1. The third kappa shape index (κ3) is 2.96. The Morgan fingerprint density at radius 1 is 1.47 bits per heavy atom. The molecular weight excluding hydrogens is 246 g/mol. The summed E-state index contributed by atoms with van der Waals surface area (Å²) in [4.78, 5) is 27.0. The van der Waals surface area contributed by atoms with Gasteiger partial charge in [0.25, 0.3) is 0 Å². The molecule has 0 aromatic carbocycles. The molecule has 1 amide bonds. The largest absolute Gasteiger partial charge is 0.477 e. The van der Waals surface area contributed by atoms with Crippen molar-refractivity contribution in [3.8, 4) is 0 Å². The first-order valence-electron chi connectivity index (χ1n) is 6.31. The van der Waals surface area contributed by atoms with Crippen molar-refractivity contribution in [2.45, 2.75) is 19.0 Å². The molecule has 0 saturated carbocycles. The van der Waals surface area contributed by atoms with Crippen LogP contribution in [0.4, 0.5) is 0 Å². The lowest BCUT2D eigenvalue weighted by atomic mass is 10.2. The van der Waals surface area contributed by atoms with Gasteiger partial charge in [0.1, 0.15) is 12.2 Å². The Kier molecular flexibility index (Phi) is 3.90. The molecular formula is C13H19N3O3. The third-order valence-electron chi connectivity index (χ3n) is 3.60. The van der Waals surface area contributed by atoms with Gasteiger partial charge in [0.05, 0.1) is 0 Å². The minimum atomic E-state index is -1.01. The molecule has 104 valence electrons. The molecule has 1 fully saturated rings. The predicted molar refractivity (Wildman–Crippen MR) is 70.1 cm³/mol. The van der Waals surface area contributed by atoms with Crippen LogP contribution in [-0.4, -0.2) is 64.6 Å². The van der Waals surface area contributed by atoms with E-state index in [-0.39, 0.29) is 18.1 Å². The summed E-state index contributed by atoms with van der Waals surface area (Å²) in [6.45, 7) is 1.55. The molecule has 1 aliphatic heterocycles. The van der Waals surface area contributed by atoms with Crippen molar-refractivity contribution in [2.24, 2.45) is 0 Å². The summed E-state index contributed by atoms with van der Waals surface area (Å²) in [5, 5.41) is 9.00. The SMILES string of the molecule is CN(C)C1CCN(C(=O)Cn2cccc2C(=O)O)C1. The normalized spacial score (nSPS) is 19.1. The number of hydrogen-bond acceptors (Lipinski definition) is 3. The van der Waals surface area contributed by atoms with Crippen molar-refractivity contribution in [1.29, 1.82) is 0 Å². The predicted octanol–water partition coefficient (Wildman–Crippen LogP) is 0.349. The van der Waals surface area contributed by atoms with Crippen molar-refractivity contribution < 1.29 is 14.7 Å². The maximum atomic E-state index is 12.1. The molecule has 6 nitrogen and oxygen atoms in total. The average molecular weight is 265 g/mol. The highest BCUT2D eigenvalue weighted by atomic mass is 16.4. The number of carbonyl (C=O) groups is 2. The molecule has 1 N–H and O–H groups in total. The number of likely N-dealkylation sites (tertiary alicyclic amines) is 1. The first kappa shape index (κ1) is 13.6. The second-order valence-corrected chi connectivity index (χ2v) is 5.07. The molecule has 0 radical (unpaired) electrons. The number of rotatable bonds is 4. The Morgan fingerprint density at radius 3 is 2.79 bits per heavy atom. The maximum Gasteiger partial charge on any atom is 0.352 e. The second kappa shape index (κ2) is 5.44. The first-order valence-corrected chi connectivity index (χ1v) is 6.31. The van der Waals surface area contributed by atoms with Crippen LogP contribution in [0.3, 0.4) is 0 Å². The van der Waals surface area contributed by atoms with Crippen molar-refractivity contribution in [2.75, 3.05) is 27.2 Å². The topological polar surface area (TPSA) is 65.8 Å². The zero-order chi connectivity index (χ0) is 14.0. The van der Waals surface area contributed by atoms with Gasteiger partial charge in [-0.3, -0.25) is 4.79 Å². The zero-order valence-electron chi connectivity index (χ0n) is 11.2. The molecule has 1 unspecified atom stereocenters. The van der Waals surface area contributed by atoms with Crippen molar-refractivity contribution in [3.05, 3.63) is 24.0 Å². The Morgan fingerprint density at radius 2 is 2.21 bits per heavy atom. The number of hydrogen-bond donors (Lipinski definition) is 1. The molecule has 2 rings (SSSR count). The number of likely N-dealkylation sites (N-methyl/N-ethyl adjacent to an activating group) is 1. The summed E-state index contributed by atoms with van der Waals surface area (Å²) in [6.07, 6.45) is 2.59. The zero-order valence-corrected chi connectivity index (χ0v) is 11.2. The number of aromatic carboxylic acids is 1. The fraction of sp³-hybridized carbons (Fsp3) is 0.538. The molecule has 1 aromatic rings. The van der Waals surface area contributed by atoms with Crippen LogP contribution in [0.25, 0.3) is 0 Å². The molecule has 0 bridgehead atoms. The standard InChI is InChI=1S/C13H19N3O3/c1-14(2)10-5-7-16(8-10)12(17)9-15-6-3-4-11(15)13(18)19/h3-4,6,10H,5,7-9H2,1-2H3,(H,18,19). The lowest BCUT2D eigenvalue weighted by molar-refractivity contribution is -0.130. The molecule has 1 aliphatic rings. The van der Waals surface area contributed by atoms with Gasteiger partial charge < -0.3 is 19.5 Å². The minimum Gasteiger partial charge on any atom is -0.477 e. The van der Waals surface area contributed by atoms with Crippen LogP contribution in [0.2, 0.25) is 0 Å². The summed E-state index contributed by atoms with van der Waals surface area (Å²) in [5.74, 6) is -1.03. The fourth-order valence-electron chi connectivity index (χ4n) is 2.38. The van der Waals surface area contributed by atoms with E-state index in [4.69, 9.17) is 5.11 Å². The van der Waals surface area contributed by atoms with E-state index in [1.165, 1.54) is 10.6 Å². The number of aromatic nitrogens is 1. The molecule has 1 saturated heterocycles. The van der Waals surface area contributed by atoms with Crippen LogP contribution in [0.1, 0.15) is 16.9 Å². The van der Waals surface area contributed by atoms with E-state index in [9.17, 15) is 9.59 Å². The van der Waals surface area contributed by atoms with Crippen molar-refractivity contribution >= 4 is 11.9 Å². The van der Waals surface area contributed by atoms with E-state index in [0.717, 1.165) is 19.5 Å². The smallest absolute Gasteiger partial charge is 0.352 e. The summed E-state index contributed by atoms with van der Waals surface area (Å²) >= 11 is 0. The van der Waals surface area contributed by atoms with E-state index < -0.39 is 5.97 Å². The van der Waals surface area contributed by atoms with Gasteiger partial charge in [-0.1, -0.05) is 0 Å². The van der Waals surface area contributed by atoms with Crippen LogP contribution in [0.5, 0.6) is 0 Å². The van der Waals surface area contributed by atoms with Gasteiger partial charge in [0.15, 0.2) is 0 Å². The average Bonchev–Trinajstić information content (AvgIpc) is 2.96. The molecule has 6 heteroatoms. The molecule has 1 atom stereocenters. The van der Waals surface area contributed by atoms with Gasteiger partial charge in [0, 0.05) is 25.3 Å². The Bertz CT molecular complexity index is 481. The van der Waals surface area contributed by atoms with Crippen LogP contribution < -0.4 is 0 Å². The second-order valence-electron chi connectivity index (χ2n) is 5.07. The summed E-state index contributed by atoms with van der Waals surface area (Å²) in [7, 11) is 4.01. The van der Waals surface area contributed by atoms with Gasteiger partial charge in [0.2, 0.25) is 5.91 Å².